The number of carbonyl (C=O) groups is 1. The van der Waals surface area contributed by atoms with Gasteiger partial charge >= 0.3 is 5.97 Å². The van der Waals surface area contributed by atoms with Crippen molar-refractivity contribution in [3.63, 3.8) is 0 Å². The fraction of sp³-hybridized carbons (Fsp3) is 0.143. The average molecular weight is 258 g/mol. The molecule has 0 aliphatic carbocycles. The molecule has 2 aromatic rings. The Morgan fingerprint density at radius 2 is 2.11 bits per heavy atom. The van der Waals surface area contributed by atoms with Gasteiger partial charge < -0.3 is 15.2 Å². The number of ether oxygens (including phenoxy) is 2. The second-order valence-electron chi connectivity index (χ2n) is 3.82. The zero-order valence-corrected chi connectivity index (χ0v) is 10.5. The first-order valence-corrected chi connectivity index (χ1v) is 5.72. The molecular formula is C14H14N2O3. The van der Waals surface area contributed by atoms with Crippen molar-refractivity contribution in [2.45, 2.75) is 6.61 Å². The molecule has 19 heavy (non-hydrogen) atoms. The van der Waals surface area contributed by atoms with Gasteiger partial charge in [-0.3, -0.25) is 4.98 Å². The molecule has 0 aliphatic rings. The summed E-state index contributed by atoms with van der Waals surface area (Å²) in [6.45, 7) is 0.0944. The molecule has 1 heterocycles. The molecule has 0 radical (unpaired) electrons. The summed E-state index contributed by atoms with van der Waals surface area (Å²) >= 11 is 0. The summed E-state index contributed by atoms with van der Waals surface area (Å²) < 4.78 is 10.3. The standard InChI is InChI=1S/C14H14N2O3/c1-18-12-7-4-6-11(15)13(12)14(17)19-9-10-5-2-3-8-16-10/h2-8H,9,15H2,1H3. The van der Waals surface area contributed by atoms with Gasteiger partial charge in [-0.25, -0.2) is 4.79 Å². The van der Waals surface area contributed by atoms with E-state index in [1.54, 1.807) is 36.5 Å². The van der Waals surface area contributed by atoms with Gasteiger partial charge in [0.25, 0.3) is 0 Å². The first-order chi connectivity index (χ1) is 9.22. The van der Waals surface area contributed by atoms with Gasteiger partial charge in [-0.2, -0.15) is 0 Å². The molecule has 0 aliphatic heterocycles. The Bertz CT molecular complexity index is 570. The molecular weight excluding hydrogens is 244 g/mol. The Morgan fingerprint density at radius 3 is 2.79 bits per heavy atom. The summed E-state index contributed by atoms with van der Waals surface area (Å²) in [5, 5.41) is 0. The summed E-state index contributed by atoms with van der Waals surface area (Å²) in [6.07, 6.45) is 1.64. The number of pyridine rings is 1. The molecule has 0 saturated heterocycles. The Labute approximate surface area is 111 Å². The van der Waals surface area contributed by atoms with Gasteiger partial charge in [0.15, 0.2) is 0 Å². The lowest BCUT2D eigenvalue weighted by Gasteiger charge is -2.10. The van der Waals surface area contributed by atoms with E-state index in [1.165, 1.54) is 7.11 Å². The molecule has 5 nitrogen and oxygen atoms in total. The van der Waals surface area contributed by atoms with Crippen LogP contribution in [0.3, 0.4) is 0 Å². The number of methoxy groups -OCH3 is 1. The molecule has 2 N–H and O–H groups in total. The summed E-state index contributed by atoms with van der Waals surface area (Å²) in [4.78, 5) is 16.1. The number of nitrogen functional groups attached to an aromatic ring is 1. The second kappa shape index (κ2) is 5.86. The lowest BCUT2D eigenvalue weighted by atomic mass is 10.1. The van der Waals surface area contributed by atoms with E-state index in [0.717, 1.165) is 0 Å². The van der Waals surface area contributed by atoms with Gasteiger partial charge in [-0.15, -0.1) is 0 Å². The molecule has 0 amide bonds. The highest BCUT2D eigenvalue weighted by Crippen LogP contribution is 2.25. The van der Waals surface area contributed by atoms with Crippen molar-refractivity contribution in [2.24, 2.45) is 0 Å². The topological polar surface area (TPSA) is 74.4 Å². The number of esters is 1. The quantitative estimate of drug-likeness (QED) is 0.671. The van der Waals surface area contributed by atoms with Crippen LogP contribution < -0.4 is 10.5 Å². The number of nitrogens with two attached hydrogens (primary N) is 1. The third-order valence-electron chi connectivity index (χ3n) is 2.56. The van der Waals surface area contributed by atoms with Crippen LogP contribution in [0, 0.1) is 0 Å². The lowest BCUT2D eigenvalue weighted by molar-refractivity contribution is 0.0465. The Balaban J connectivity index is 2.12. The summed E-state index contributed by atoms with van der Waals surface area (Å²) in [5.41, 5.74) is 7.00. The maximum absolute atomic E-state index is 12.0. The molecule has 2 rings (SSSR count). The van der Waals surface area contributed by atoms with Crippen LogP contribution in [0.25, 0.3) is 0 Å². The second-order valence-corrected chi connectivity index (χ2v) is 3.82. The van der Waals surface area contributed by atoms with Crippen LogP contribution in [-0.2, 0) is 11.3 Å². The fourth-order valence-electron chi connectivity index (χ4n) is 1.63. The highest BCUT2D eigenvalue weighted by molar-refractivity contribution is 5.98. The van der Waals surface area contributed by atoms with Crippen molar-refractivity contribution >= 4 is 11.7 Å². The summed E-state index contributed by atoms with van der Waals surface area (Å²) in [6, 6.07) is 10.4. The minimum atomic E-state index is -0.527. The Kier molecular flexibility index (Phi) is 3.97. The van der Waals surface area contributed by atoms with Crippen LogP contribution in [0.15, 0.2) is 42.6 Å². The maximum Gasteiger partial charge on any atom is 0.344 e. The van der Waals surface area contributed by atoms with E-state index in [2.05, 4.69) is 4.98 Å². The van der Waals surface area contributed by atoms with Gasteiger partial charge in [-0.05, 0) is 24.3 Å². The van der Waals surface area contributed by atoms with Gasteiger partial charge in [0, 0.05) is 11.9 Å². The molecule has 1 aromatic carbocycles. The first-order valence-electron chi connectivity index (χ1n) is 5.72. The van der Waals surface area contributed by atoms with Crippen molar-refractivity contribution in [3.8, 4) is 5.75 Å². The van der Waals surface area contributed by atoms with Crippen LogP contribution in [0.4, 0.5) is 5.69 Å². The van der Waals surface area contributed by atoms with Gasteiger partial charge in [0.2, 0.25) is 0 Å². The largest absolute Gasteiger partial charge is 0.496 e. The number of benzene rings is 1. The fourth-order valence-corrected chi connectivity index (χ4v) is 1.63. The number of aromatic nitrogens is 1. The zero-order chi connectivity index (χ0) is 13.7. The monoisotopic (exact) mass is 258 g/mol. The number of nitrogens with zero attached hydrogens (tertiary/aromatic N) is 1. The van der Waals surface area contributed by atoms with Gasteiger partial charge in [-0.1, -0.05) is 12.1 Å². The van der Waals surface area contributed by atoms with E-state index in [4.69, 9.17) is 15.2 Å². The number of carbonyl (C=O) groups excluding carboxylic acids is 1. The average Bonchev–Trinajstić information content (AvgIpc) is 2.45. The van der Waals surface area contributed by atoms with E-state index in [9.17, 15) is 4.79 Å². The number of hydrogen-bond donors (Lipinski definition) is 1. The maximum atomic E-state index is 12.0. The summed E-state index contributed by atoms with van der Waals surface area (Å²) in [5.74, 6) is -0.133. The first kappa shape index (κ1) is 12.9. The van der Waals surface area contributed by atoms with Crippen molar-refractivity contribution in [2.75, 3.05) is 12.8 Å². The molecule has 0 spiro atoms. The van der Waals surface area contributed by atoms with Gasteiger partial charge in [0.05, 0.1) is 12.8 Å². The molecule has 98 valence electrons. The third-order valence-corrected chi connectivity index (χ3v) is 2.56. The SMILES string of the molecule is COc1cccc(N)c1C(=O)OCc1ccccn1. The Morgan fingerprint density at radius 1 is 1.26 bits per heavy atom. The molecule has 0 saturated carbocycles. The minimum Gasteiger partial charge on any atom is -0.496 e. The van der Waals surface area contributed by atoms with Gasteiger partial charge in [0.1, 0.15) is 17.9 Å². The smallest absolute Gasteiger partial charge is 0.344 e. The van der Waals surface area contributed by atoms with Crippen LogP contribution in [0.5, 0.6) is 5.75 Å². The molecule has 1 aromatic heterocycles. The van der Waals surface area contributed by atoms with E-state index in [0.29, 0.717) is 17.1 Å². The van der Waals surface area contributed by atoms with E-state index < -0.39 is 5.97 Å². The van der Waals surface area contributed by atoms with Crippen LogP contribution in [-0.4, -0.2) is 18.1 Å². The minimum absolute atomic E-state index is 0.0944. The molecule has 5 heteroatoms. The highest BCUT2D eigenvalue weighted by atomic mass is 16.5. The molecule has 0 unspecified atom stereocenters. The number of hydrogen-bond acceptors (Lipinski definition) is 5. The van der Waals surface area contributed by atoms with E-state index in [1.807, 2.05) is 6.07 Å². The predicted molar refractivity (Wildman–Crippen MR) is 70.8 cm³/mol. The zero-order valence-electron chi connectivity index (χ0n) is 10.5. The van der Waals surface area contributed by atoms with Crippen molar-refractivity contribution in [3.05, 3.63) is 53.9 Å². The number of anilines is 1. The summed E-state index contributed by atoms with van der Waals surface area (Å²) in [7, 11) is 1.48. The Hall–Kier alpha value is -2.56. The lowest BCUT2D eigenvalue weighted by Crippen LogP contribution is -2.10. The van der Waals surface area contributed by atoms with Crippen molar-refractivity contribution in [1.29, 1.82) is 0 Å². The molecule has 0 bridgehead atoms. The third kappa shape index (κ3) is 3.01. The van der Waals surface area contributed by atoms with Crippen LogP contribution in [0.1, 0.15) is 16.1 Å². The van der Waals surface area contributed by atoms with E-state index in [-0.39, 0.29) is 12.2 Å². The van der Waals surface area contributed by atoms with Crippen LogP contribution >= 0.6 is 0 Å². The predicted octanol–water partition coefficient (Wildman–Crippen LogP) is 2.03. The molecule has 0 fully saturated rings. The van der Waals surface area contributed by atoms with Crippen molar-refractivity contribution < 1.29 is 14.3 Å². The van der Waals surface area contributed by atoms with Crippen LogP contribution in [0.2, 0.25) is 0 Å². The molecule has 0 atom stereocenters. The van der Waals surface area contributed by atoms with E-state index >= 15 is 0 Å². The highest BCUT2D eigenvalue weighted by Gasteiger charge is 2.17. The normalized spacial score (nSPS) is 9.95. The number of rotatable bonds is 4. The van der Waals surface area contributed by atoms with Crippen molar-refractivity contribution in [1.82, 2.24) is 4.98 Å².